The fraction of sp³-hybridized carbons (Fsp3) is 0.667. The van der Waals surface area contributed by atoms with Crippen LogP contribution in [0.2, 0.25) is 4.34 Å². The minimum atomic E-state index is -0.427. The van der Waals surface area contributed by atoms with Gasteiger partial charge in [0.2, 0.25) is 0 Å². The zero-order valence-electron chi connectivity index (χ0n) is 12.6. The predicted octanol–water partition coefficient (Wildman–Crippen LogP) is 3.60. The second-order valence-corrected chi connectivity index (χ2v) is 8.54. The first-order chi connectivity index (χ1) is 9.82. The monoisotopic (exact) mass is 328 g/mol. The van der Waals surface area contributed by atoms with E-state index < -0.39 is 5.60 Å². The third kappa shape index (κ3) is 3.35. The number of ether oxygens (including phenoxy) is 1. The molecule has 1 fully saturated rings. The number of halogens is 1. The normalized spacial score (nSPS) is 22.1. The molecule has 6 heteroatoms. The number of fused-ring (bicyclic) bond motifs is 1. The summed E-state index contributed by atoms with van der Waals surface area (Å²) in [6.07, 6.45) is 2.01. The number of rotatable bonds is 2. The van der Waals surface area contributed by atoms with E-state index in [0.717, 1.165) is 30.3 Å². The molecule has 1 amide bonds. The highest BCUT2D eigenvalue weighted by molar-refractivity contribution is 7.16. The molecule has 1 saturated heterocycles. The SMILES string of the molecule is CC(C)(C)OC(=O)N1CC(NC2CCc3sc(Cl)cc32)C1. The van der Waals surface area contributed by atoms with Gasteiger partial charge in [-0.1, -0.05) is 11.6 Å². The second-order valence-electron chi connectivity index (χ2n) is 6.77. The number of likely N-dealkylation sites (tertiary alicyclic amines) is 1. The van der Waals surface area contributed by atoms with Crippen molar-refractivity contribution in [3.8, 4) is 0 Å². The Bertz CT molecular complexity index is 546. The van der Waals surface area contributed by atoms with Gasteiger partial charge in [0.05, 0.1) is 4.34 Å². The van der Waals surface area contributed by atoms with E-state index in [-0.39, 0.29) is 6.09 Å². The maximum Gasteiger partial charge on any atom is 0.410 e. The Kier molecular flexibility index (Phi) is 3.93. The van der Waals surface area contributed by atoms with E-state index in [0.29, 0.717) is 12.1 Å². The van der Waals surface area contributed by atoms with Crippen LogP contribution < -0.4 is 5.32 Å². The molecule has 1 aromatic heterocycles. The highest BCUT2D eigenvalue weighted by Crippen LogP contribution is 2.39. The second kappa shape index (κ2) is 5.45. The van der Waals surface area contributed by atoms with Crippen LogP contribution in [0, 0.1) is 0 Å². The van der Waals surface area contributed by atoms with Crippen molar-refractivity contribution in [2.45, 2.75) is 51.3 Å². The van der Waals surface area contributed by atoms with Crippen LogP contribution in [0.5, 0.6) is 0 Å². The van der Waals surface area contributed by atoms with Crippen LogP contribution in [0.15, 0.2) is 6.07 Å². The Labute approximate surface area is 134 Å². The lowest BCUT2D eigenvalue weighted by Gasteiger charge is -2.41. The summed E-state index contributed by atoms with van der Waals surface area (Å²) in [5.41, 5.74) is 0.921. The van der Waals surface area contributed by atoms with Crippen LogP contribution in [0.4, 0.5) is 4.79 Å². The fourth-order valence-electron chi connectivity index (χ4n) is 2.85. The summed E-state index contributed by atoms with van der Waals surface area (Å²) in [4.78, 5) is 15.0. The molecule has 1 aliphatic carbocycles. The number of carbonyl (C=O) groups excluding carboxylic acids is 1. The van der Waals surface area contributed by atoms with Crippen molar-refractivity contribution in [1.82, 2.24) is 10.2 Å². The quantitative estimate of drug-likeness (QED) is 0.902. The minimum Gasteiger partial charge on any atom is -0.444 e. The molecule has 0 aromatic carbocycles. The third-order valence-corrected chi connectivity index (χ3v) is 5.16. The van der Waals surface area contributed by atoms with E-state index in [9.17, 15) is 4.79 Å². The van der Waals surface area contributed by atoms with Crippen LogP contribution in [-0.2, 0) is 11.2 Å². The maximum absolute atomic E-state index is 11.9. The Hall–Kier alpha value is -0.780. The van der Waals surface area contributed by atoms with E-state index in [1.165, 1.54) is 10.4 Å². The average Bonchev–Trinajstić information content (AvgIpc) is 2.80. The largest absolute Gasteiger partial charge is 0.444 e. The van der Waals surface area contributed by atoms with Gasteiger partial charge < -0.3 is 15.0 Å². The molecule has 2 aliphatic rings. The predicted molar refractivity (Wildman–Crippen MR) is 85.1 cm³/mol. The van der Waals surface area contributed by atoms with Crippen molar-refractivity contribution in [3.05, 3.63) is 20.8 Å². The maximum atomic E-state index is 11.9. The van der Waals surface area contributed by atoms with Gasteiger partial charge in [0.25, 0.3) is 0 Å². The molecular formula is C15H21ClN2O2S. The Morgan fingerprint density at radius 3 is 2.86 bits per heavy atom. The van der Waals surface area contributed by atoms with E-state index in [1.54, 1.807) is 16.2 Å². The van der Waals surface area contributed by atoms with E-state index in [1.807, 2.05) is 20.8 Å². The fourth-order valence-corrected chi connectivity index (χ4v) is 4.20. The van der Waals surface area contributed by atoms with Crippen molar-refractivity contribution in [2.75, 3.05) is 13.1 Å². The van der Waals surface area contributed by atoms with Gasteiger partial charge in [-0.3, -0.25) is 0 Å². The molecule has 0 bridgehead atoms. The molecule has 1 N–H and O–H groups in total. The summed E-state index contributed by atoms with van der Waals surface area (Å²) in [5.74, 6) is 0. The van der Waals surface area contributed by atoms with E-state index in [4.69, 9.17) is 16.3 Å². The molecule has 3 rings (SSSR count). The van der Waals surface area contributed by atoms with Gasteiger partial charge in [0.1, 0.15) is 5.60 Å². The van der Waals surface area contributed by atoms with Crippen LogP contribution in [-0.4, -0.2) is 35.7 Å². The summed E-state index contributed by atoms with van der Waals surface area (Å²) >= 11 is 7.76. The molecule has 0 spiro atoms. The Morgan fingerprint density at radius 2 is 2.19 bits per heavy atom. The van der Waals surface area contributed by atoms with Crippen LogP contribution in [0.3, 0.4) is 0 Å². The number of carbonyl (C=O) groups is 1. The molecule has 2 heterocycles. The van der Waals surface area contributed by atoms with E-state index in [2.05, 4.69) is 11.4 Å². The molecule has 1 aliphatic heterocycles. The van der Waals surface area contributed by atoms with Crippen molar-refractivity contribution in [3.63, 3.8) is 0 Å². The molecule has 4 nitrogen and oxygen atoms in total. The molecule has 1 aromatic rings. The number of amides is 1. The van der Waals surface area contributed by atoms with Crippen molar-refractivity contribution < 1.29 is 9.53 Å². The summed E-state index contributed by atoms with van der Waals surface area (Å²) < 4.78 is 6.23. The molecule has 0 saturated carbocycles. The molecule has 21 heavy (non-hydrogen) atoms. The molecule has 116 valence electrons. The molecule has 1 unspecified atom stereocenters. The average molecular weight is 329 g/mol. The van der Waals surface area contributed by atoms with Gasteiger partial charge in [-0.05, 0) is 45.2 Å². The standard InChI is InChI=1S/C15H21ClN2O2S/c1-15(2,3)20-14(19)18-7-9(8-18)17-11-4-5-12-10(11)6-13(16)21-12/h6,9,11,17H,4-5,7-8H2,1-3H3. The Balaban J connectivity index is 1.49. The topological polar surface area (TPSA) is 41.6 Å². The van der Waals surface area contributed by atoms with Gasteiger partial charge in [-0.15, -0.1) is 11.3 Å². The van der Waals surface area contributed by atoms with Crippen LogP contribution in [0.25, 0.3) is 0 Å². The number of hydrogen-bond donors (Lipinski definition) is 1. The number of thiophene rings is 1. The summed E-state index contributed by atoms with van der Waals surface area (Å²) in [5, 5.41) is 3.63. The summed E-state index contributed by atoms with van der Waals surface area (Å²) in [6, 6.07) is 2.82. The number of aryl methyl sites for hydroxylation is 1. The smallest absolute Gasteiger partial charge is 0.410 e. The highest BCUT2D eigenvalue weighted by atomic mass is 35.5. The summed E-state index contributed by atoms with van der Waals surface area (Å²) in [6.45, 7) is 7.11. The number of hydrogen-bond acceptors (Lipinski definition) is 4. The number of nitrogens with zero attached hydrogens (tertiary/aromatic N) is 1. The zero-order valence-corrected chi connectivity index (χ0v) is 14.2. The lowest BCUT2D eigenvalue weighted by atomic mass is 10.1. The lowest BCUT2D eigenvalue weighted by molar-refractivity contribution is 0.00415. The summed E-state index contributed by atoms with van der Waals surface area (Å²) in [7, 11) is 0. The van der Waals surface area contributed by atoms with Crippen molar-refractivity contribution >= 4 is 29.0 Å². The molecule has 0 radical (unpaired) electrons. The van der Waals surface area contributed by atoms with Crippen LogP contribution >= 0.6 is 22.9 Å². The number of nitrogens with one attached hydrogen (secondary N) is 1. The van der Waals surface area contributed by atoms with Gasteiger partial charge in [-0.2, -0.15) is 0 Å². The van der Waals surface area contributed by atoms with Crippen molar-refractivity contribution in [2.24, 2.45) is 0 Å². The lowest BCUT2D eigenvalue weighted by Crippen LogP contribution is -2.60. The van der Waals surface area contributed by atoms with Gasteiger partial charge in [0.15, 0.2) is 0 Å². The van der Waals surface area contributed by atoms with E-state index >= 15 is 0 Å². The minimum absolute atomic E-state index is 0.216. The van der Waals surface area contributed by atoms with Crippen molar-refractivity contribution in [1.29, 1.82) is 0 Å². The highest BCUT2D eigenvalue weighted by Gasteiger charge is 2.36. The zero-order chi connectivity index (χ0) is 15.2. The van der Waals surface area contributed by atoms with Gasteiger partial charge >= 0.3 is 6.09 Å². The Morgan fingerprint density at radius 1 is 1.48 bits per heavy atom. The molecule has 1 atom stereocenters. The van der Waals surface area contributed by atoms with Crippen LogP contribution in [0.1, 0.15) is 43.7 Å². The van der Waals surface area contributed by atoms with Gasteiger partial charge in [-0.25, -0.2) is 4.79 Å². The molecular weight excluding hydrogens is 308 g/mol. The third-order valence-electron chi connectivity index (χ3n) is 3.82. The first-order valence-electron chi connectivity index (χ1n) is 7.34. The van der Waals surface area contributed by atoms with Gasteiger partial charge in [0, 0.05) is 30.1 Å². The first-order valence-corrected chi connectivity index (χ1v) is 8.53. The first kappa shape index (κ1) is 15.1.